The highest BCUT2D eigenvalue weighted by Crippen LogP contribution is 2.56. The normalized spacial score (nSPS) is 26.9. The average Bonchev–Trinajstić information content (AvgIpc) is 2.98. The van der Waals surface area contributed by atoms with Crippen molar-refractivity contribution in [1.82, 2.24) is 5.32 Å². The van der Waals surface area contributed by atoms with Gasteiger partial charge in [-0.25, -0.2) is 4.39 Å². The minimum Gasteiger partial charge on any atom is -0.496 e. The molecular formula is C14H20FNO. The van der Waals surface area contributed by atoms with Gasteiger partial charge in [-0.2, -0.15) is 0 Å². The molecule has 1 saturated carbocycles. The van der Waals surface area contributed by atoms with Crippen LogP contribution in [0.15, 0.2) is 18.2 Å². The Morgan fingerprint density at radius 2 is 2.29 bits per heavy atom. The summed E-state index contributed by atoms with van der Waals surface area (Å²) in [4.78, 5) is 0. The summed E-state index contributed by atoms with van der Waals surface area (Å²) in [7, 11) is 1.60. The molecule has 0 spiro atoms. The maximum atomic E-state index is 14.0. The summed E-state index contributed by atoms with van der Waals surface area (Å²) in [5.41, 5.74) is 0.671. The molecule has 2 rings (SSSR count). The van der Waals surface area contributed by atoms with Crippen LogP contribution in [0, 0.1) is 11.7 Å². The van der Waals surface area contributed by atoms with Crippen molar-refractivity contribution in [3.05, 3.63) is 29.6 Å². The SMILES string of the molecule is CCNCC1CC1(C)c1c(F)cccc1OC. The van der Waals surface area contributed by atoms with E-state index in [9.17, 15) is 4.39 Å². The smallest absolute Gasteiger partial charge is 0.130 e. The highest BCUT2D eigenvalue weighted by molar-refractivity contribution is 5.45. The van der Waals surface area contributed by atoms with Crippen LogP contribution < -0.4 is 10.1 Å². The lowest BCUT2D eigenvalue weighted by Crippen LogP contribution is -2.20. The lowest BCUT2D eigenvalue weighted by molar-refractivity contribution is 0.395. The van der Waals surface area contributed by atoms with E-state index < -0.39 is 0 Å². The third-order valence-corrected chi connectivity index (χ3v) is 3.82. The Kier molecular flexibility index (Phi) is 3.38. The van der Waals surface area contributed by atoms with E-state index >= 15 is 0 Å². The molecule has 0 aromatic heterocycles. The van der Waals surface area contributed by atoms with Gasteiger partial charge in [-0.1, -0.05) is 19.9 Å². The van der Waals surface area contributed by atoms with E-state index in [-0.39, 0.29) is 11.2 Å². The maximum absolute atomic E-state index is 14.0. The van der Waals surface area contributed by atoms with Crippen LogP contribution in [0.3, 0.4) is 0 Å². The van der Waals surface area contributed by atoms with Gasteiger partial charge in [0.05, 0.1) is 7.11 Å². The number of rotatable bonds is 5. The van der Waals surface area contributed by atoms with Crippen LogP contribution in [0.4, 0.5) is 4.39 Å². The number of hydrogen-bond donors (Lipinski definition) is 1. The number of benzene rings is 1. The first-order valence-corrected chi connectivity index (χ1v) is 6.17. The Morgan fingerprint density at radius 1 is 1.53 bits per heavy atom. The molecule has 0 amide bonds. The molecule has 1 N–H and O–H groups in total. The molecule has 1 aromatic rings. The van der Waals surface area contributed by atoms with Gasteiger partial charge < -0.3 is 10.1 Å². The van der Waals surface area contributed by atoms with Gasteiger partial charge in [-0.15, -0.1) is 0 Å². The predicted octanol–water partition coefficient (Wildman–Crippen LogP) is 2.72. The highest BCUT2D eigenvalue weighted by atomic mass is 19.1. The summed E-state index contributed by atoms with van der Waals surface area (Å²) < 4.78 is 19.3. The fourth-order valence-electron chi connectivity index (χ4n) is 2.60. The first kappa shape index (κ1) is 12.4. The molecule has 0 aliphatic heterocycles. The van der Waals surface area contributed by atoms with Crippen LogP contribution in [0.25, 0.3) is 0 Å². The van der Waals surface area contributed by atoms with Crippen molar-refractivity contribution in [1.29, 1.82) is 0 Å². The second kappa shape index (κ2) is 4.65. The number of hydrogen-bond acceptors (Lipinski definition) is 2. The van der Waals surface area contributed by atoms with Gasteiger partial charge in [0.15, 0.2) is 0 Å². The largest absolute Gasteiger partial charge is 0.496 e. The fraction of sp³-hybridized carbons (Fsp3) is 0.571. The van der Waals surface area contributed by atoms with Crippen molar-refractivity contribution < 1.29 is 9.13 Å². The van der Waals surface area contributed by atoms with Crippen molar-refractivity contribution in [2.24, 2.45) is 5.92 Å². The minimum absolute atomic E-state index is 0.0706. The lowest BCUT2D eigenvalue weighted by Gasteiger charge is -2.17. The van der Waals surface area contributed by atoms with E-state index in [1.807, 2.05) is 6.07 Å². The summed E-state index contributed by atoms with van der Waals surface area (Å²) in [5.74, 6) is 1.03. The van der Waals surface area contributed by atoms with E-state index in [0.717, 1.165) is 25.1 Å². The fourth-order valence-corrected chi connectivity index (χ4v) is 2.60. The summed E-state index contributed by atoms with van der Waals surface area (Å²) in [6.45, 7) is 6.12. The molecule has 0 radical (unpaired) electrons. The predicted molar refractivity (Wildman–Crippen MR) is 67.0 cm³/mol. The van der Waals surface area contributed by atoms with Crippen LogP contribution in [-0.2, 0) is 5.41 Å². The summed E-state index contributed by atoms with van der Waals surface area (Å²) in [6.07, 6.45) is 1.03. The molecular weight excluding hydrogens is 217 g/mol. The molecule has 3 heteroatoms. The molecule has 94 valence electrons. The van der Waals surface area contributed by atoms with Crippen molar-refractivity contribution >= 4 is 0 Å². The second-order valence-electron chi connectivity index (χ2n) is 4.94. The first-order chi connectivity index (χ1) is 8.13. The first-order valence-electron chi connectivity index (χ1n) is 6.17. The molecule has 2 atom stereocenters. The van der Waals surface area contributed by atoms with E-state index in [2.05, 4.69) is 19.2 Å². The molecule has 1 aliphatic rings. The van der Waals surface area contributed by atoms with Crippen LogP contribution in [0.1, 0.15) is 25.8 Å². The summed E-state index contributed by atoms with van der Waals surface area (Å²) in [6, 6.07) is 5.06. The quantitative estimate of drug-likeness (QED) is 0.850. The third kappa shape index (κ3) is 2.16. The minimum atomic E-state index is -0.147. The van der Waals surface area contributed by atoms with Gasteiger partial charge in [0.1, 0.15) is 11.6 Å². The van der Waals surface area contributed by atoms with E-state index in [0.29, 0.717) is 11.7 Å². The molecule has 2 unspecified atom stereocenters. The van der Waals surface area contributed by atoms with E-state index in [1.54, 1.807) is 13.2 Å². The van der Waals surface area contributed by atoms with Gasteiger partial charge >= 0.3 is 0 Å². The average molecular weight is 237 g/mol. The van der Waals surface area contributed by atoms with Crippen LogP contribution in [0.5, 0.6) is 5.75 Å². The third-order valence-electron chi connectivity index (χ3n) is 3.82. The van der Waals surface area contributed by atoms with Crippen molar-refractivity contribution in [3.63, 3.8) is 0 Å². The van der Waals surface area contributed by atoms with Crippen molar-refractivity contribution in [3.8, 4) is 5.75 Å². The zero-order valence-electron chi connectivity index (χ0n) is 10.7. The lowest BCUT2D eigenvalue weighted by atomic mass is 9.93. The molecule has 17 heavy (non-hydrogen) atoms. The van der Waals surface area contributed by atoms with E-state index in [1.165, 1.54) is 6.07 Å². The van der Waals surface area contributed by atoms with E-state index in [4.69, 9.17) is 4.74 Å². The van der Waals surface area contributed by atoms with Crippen LogP contribution in [0.2, 0.25) is 0 Å². The maximum Gasteiger partial charge on any atom is 0.130 e. The standard InChI is InChI=1S/C14H20FNO/c1-4-16-9-10-8-14(10,2)13-11(15)6-5-7-12(13)17-3/h5-7,10,16H,4,8-9H2,1-3H3. The van der Waals surface area contributed by atoms with Crippen LogP contribution in [-0.4, -0.2) is 20.2 Å². The highest BCUT2D eigenvalue weighted by Gasteiger charge is 2.53. The molecule has 0 heterocycles. The van der Waals surface area contributed by atoms with Crippen LogP contribution >= 0.6 is 0 Å². The molecule has 0 saturated heterocycles. The topological polar surface area (TPSA) is 21.3 Å². The van der Waals surface area contributed by atoms with Gasteiger partial charge in [0.25, 0.3) is 0 Å². The van der Waals surface area contributed by atoms with Gasteiger partial charge in [0.2, 0.25) is 0 Å². The Morgan fingerprint density at radius 3 is 2.94 bits per heavy atom. The monoisotopic (exact) mass is 237 g/mol. The second-order valence-corrected chi connectivity index (χ2v) is 4.94. The Bertz CT molecular complexity index is 407. The van der Waals surface area contributed by atoms with Gasteiger partial charge in [-0.05, 0) is 37.6 Å². The molecule has 2 nitrogen and oxygen atoms in total. The molecule has 1 aromatic carbocycles. The number of nitrogens with one attached hydrogen (secondary N) is 1. The van der Waals surface area contributed by atoms with Gasteiger partial charge in [-0.3, -0.25) is 0 Å². The summed E-state index contributed by atoms with van der Waals surface area (Å²) in [5, 5.41) is 3.33. The molecule has 1 fully saturated rings. The number of halogens is 1. The Labute approximate surface area is 102 Å². The Balaban J connectivity index is 2.23. The number of ether oxygens (including phenoxy) is 1. The van der Waals surface area contributed by atoms with Gasteiger partial charge in [0, 0.05) is 11.0 Å². The summed E-state index contributed by atoms with van der Waals surface area (Å²) >= 11 is 0. The van der Waals surface area contributed by atoms with Crippen molar-refractivity contribution in [2.75, 3.05) is 20.2 Å². The Hall–Kier alpha value is -1.09. The molecule has 1 aliphatic carbocycles. The van der Waals surface area contributed by atoms with Crippen molar-refractivity contribution in [2.45, 2.75) is 25.7 Å². The molecule has 0 bridgehead atoms. The zero-order chi connectivity index (χ0) is 12.5. The number of methoxy groups -OCH3 is 1. The zero-order valence-corrected chi connectivity index (χ0v) is 10.7.